The Morgan fingerprint density at radius 2 is 1.87 bits per heavy atom. The van der Waals surface area contributed by atoms with Crippen molar-refractivity contribution in [2.45, 2.75) is 19.5 Å². The summed E-state index contributed by atoms with van der Waals surface area (Å²) in [5.41, 5.74) is 18.6. The van der Waals surface area contributed by atoms with Crippen molar-refractivity contribution in [1.82, 2.24) is 15.4 Å². The quantitative estimate of drug-likeness (QED) is 0.234. The minimum absolute atomic E-state index is 0.0933. The van der Waals surface area contributed by atoms with E-state index in [0.29, 0.717) is 39.4 Å². The van der Waals surface area contributed by atoms with E-state index in [9.17, 15) is 4.79 Å². The molecule has 5 aromatic rings. The zero-order chi connectivity index (χ0) is 26.9. The molecule has 5 N–H and O–H groups in total. The molecule has 1 aliphatic rings. The Morgan fingerprint density at radius 1 is 1.08 bits per heavy atom. The van der Waals surface area contributed by atoms with Crippen molar-refractivity contribution in [1.29, 1.82) is 0 Å². The Hall–Kier alpha value is -5.02. The fourth-order valence-electron chi connectivity index (χ4n) is 4.97. The Labute approximate surface area is 224 Å². The maximum absolute atomic E-state index is 13.7. The summed E-state index contributed by atoms with van der Waals surface area (Å²) in [6, 6.07) is 22.4. The van der Waals surface area contributed by atoms with Gasteiger partial charge in [0.05, 0.1) is 34.0 Å². The zero-order valence-corrected chi connectivity index (χ0v) is 21.5. The van der Waals surface area contributed by atoms with E-state index in [1.165, 1.54) is 11.9 Å². The van der Waals surface area contributed by atoms with E-state index in [4.69, 9.17) is 10.2 Å². The van der Waals surface area contributed by atoms with Crippen LogP contribution in [-0.2, 0) is 6.54 Å². The van der Waals surface area contributed by atoms with Gasteiger partial charge in [-0.3, -0.25) is 9.79 Å². The molecule has 39 heavy (non-hydrogen) atoms. The van der Waals surface area contributed by atoms with E-state index in [2.05, 4.69) is 37.2 Å². The molecule has 3 heterocycles. The van der Waals surface area contributed by atoms with Gasteiger partial charge in [-0.1, -0.05) is 54.6 Å². The first kappa shape index (κ1) is 24.3. The van der Waals surface area contributed by atoms with E-state index < -0.39 is 6.04 Å². The fourth-order valence-corrected chi connectivity index (χ4v) is 4.97. The van der Waals surface area contributed by atoms with Crippen molar-refractivity contribution in [2.24, 2.45) is 4.99 Å². The van der Waals surface area contributed by atoms with E-state index >= 15 is 0 Å². The third-order valence-electron chi connectivity index (χ3n) is 6.86. The first-order valence-corrected chi connectivity index (χ1v) is 12.6. The molecular formula is C30H27N7O2. The second-order valence-corrected chi connectivity index (χ2v) is 9.30. The van der Waals surface area contributed by atoms with Crippen molar-refractivity contribution in [3.05, 3.63) is 112 Å². The highest BCUT2D eigenvalue weighted by Crippen LogP contribution is 2.33. The van der Waals surface area contributed by atoms with Crippen molar-refractivity contribution < 1.29 is 4.42 Å². The lowest BCUT2D eigenvalue weighted by Gasteiger charge is -2.20. The minimum Gasteiger partial charge on any atom is -0.458 e. The fraction of sp³-hybridized carbons (Fsp3) is 0.133. The lowest BCUT2D eigenvalue weighted by atomic mass is 9.98. The van der Waals surface area contributed by atoms with Gasteiger partial charge in [-0.05, 0) is 36.2 Å². The number of anilines is 3. The molecule has 9 nitrogen and oxygen atoms in total. The van der Waals surface area contributed by atoms with Crippen LogP contribution in [0, 0.1) is 0 Å². The van der Waals surface area contributed by atoms with Crippen LogP contribution in [0.3, 0.4) is 0 Å². The number of benzene rings is 3. The summed E-state index contributed by atoms with van der Waals surface area (Å²) in [7, 11) is 1.71. The number of hydrogen-bond donors (Lipinski definition) is 4. The number of nitrogens with zero attached hydrogens (tertiary/aromatic N) is 3. The summed E-state index contributed by atoms with van der Waals surface area (Å²) < 4.78 is 6.37. The van der Waals surface area contributed by atoms with Crippen LogP contribution >= 0.6 is 0 Å². The van der Waals surface area contributed by atoms with Crippen molar-refractivity contribution >= 4 is 34.0 Å². The molecule has 0 amide bonds. The summed E-state index contributed by atoms with van der Waals surface area (Å²) >= 11 is 0. The van der Waals surface area contributed by atoms with Crippen LogP contribution in [-0.4, -0.2) is 22.7 Å². The van der Waals surface area contributed by atoms with Crippen LogP contribution in [0.4, 0.5) is 17.3 Å². The first-order valence-electron chi connectivity index (χ1n) is 12.6. The molecule has 1 atom stereocenters. The summed E-state index contributed by atoms with van der Waals surface area (Å²) in [6.45, 7) is 2.67. The predicted octanol–water partition coefficient (Wildman–Crippen LogP) is 4.90. The molecule has 1 unspecified atom stereocenters. The largest absolute Gasteiger partial charge is 0.458 e. The number of nitrogens with two attached hydrogens (primary N) is 1. The van der Waals surface area contributed by atoms with Crippen LogP contribution in [0.1, 0.15) is 35.4 Å². The topological polar surface area (TPSA) is 130 Å². The highest BCUT2D eigenvalue weighted by atomic mass is 16.3. The smallest absolute Gasteiger partial charge is 0.200 e. The SMILES string of the molecule is C/N=C(/c1ccc2c(c1)NNC2)c1c(N)ncnc1NC(C)c1oc2ccccc2c(=O)c1-c1ccccc1. The molecule has 0 bridgehead atoms. The van der Waals surface area contributed by atoms with Gasteiger partial charge in [0.15, 0.2) is 0 Å². The third-order valence-corrected chi connectivity index (χ3v) is 6.86. The number of nitrogen functional groups attached to an aromatic ring is 1. The Kier molecular flexibility index (Phi) is 6.26. The molecular weight excluding hydrogens is 490 g/mol. The molecule has 194 valence electrons. The highest BCUT2D eigenvalue weighted by molar-refractivity contribution is 6.18. The number of para-hydroxylation sites is 1. The molecule has 3 aromatic carbocycles. The van der Waals surface area contributed by atoms with Gasteiger partial charge < -0.3 is 20.9 Å². The number of hydrazine groups is 1. The standard InChI is InChI=1S/C30H27N7O2/c1-17(28-24(18-8-4-3-5-9-18)27(38)21-10-6-7-11-23(21)39-28)36-30-25(29(31)33-16-34-30)26(32-2)19-12-13-20-15-35-37-22(20)14-19/h3-14,16-17,35,37H,15H2,1-2H3,(H3,31,33,34,36)/b32-26-. The van der Waals surface area contributed by atoms with Crippen LogP contribution in [0.15, 0.2) is 93.3 Å². The molecule has 0 saturated heterocycles. The van der Waals surface area contributed by atoms with Crippen molar-refractivity contribution in [2.75, 3.05) is 23.5 Å². The maximum Gasteiger partial charge on any atom is 0.200 e. The molecule has 1 aliphatic heterocycles. The molecule has 2 aromatic heterocycles. The molecule has 9 heteroatoms. The Bertz CT molecular complexity index is 1780. The lowest BCUT2D eigenvalue weighted by Crippen LogP contribution is -2.19. The van der Waals surface area contributed by atoms with Crippen molar-refractivity contribution in [3.8, 4) is 11.1 Å². The summed E-state index contributed by atoms with van der Waals surface area (Å²) in [4.78, 5) is 27.0. The molecule has 0 aliphatic carbocycles. The van der Waals surface area contributed by atoms with E-state index in [1.54, 1.807) is 19.2 Å². The number of aromatic nitrogens is 2. The summed E-state index contributed by atoms with van der Waals surface area (Å²) in [5.74, 6) is 1.27. The Morgan fingerprint density at radius 3 is 2.69 bits per heavy atom. The molecule has 0 saturated carbocycles. The zero-order valence-electron chi connectivity index (χ0n) is 21.5. The second-order valence-electron chi connectivity index (χ2n) is 9.30. The van der Waals surface area contributed by atoms with Gasteiger partial charge in [-0.25, -0.2) is 15.4 Å². The predicted molar refractivity (Wildman–Crippen MR) is 155 cm³/mol. The van der Waals surface area contributed by atoms with Crippen LogP contribution in [0.25, 0.3) is 22.1 Å². The first-order chi connectivity index (χ1) is 19.0. The monoisotopic (exact) mass is 517 g/mol. The number of rotatable bonds is 6. The number of nitrogens with one attached hydrogen (secondary N) is 3. The van der Waals surface area contributed by atoms with Crippen LogP contribution in [0.5, 0.6) is 0 Å². The maximum atomic E-state index is 13.7. The van der Waals surface area contributed by atoms with Gasteiger partial charge in [-0.2, -0.15) is 0 Å². The van der Waals surface area contributed by atoms with E-state index in [-0.39, 0.29) is 11.2 Å². The van der Waals surface area contributed by atoms with Gasteiger partial charge in [0.2, 0.25) is 5.43 Å². The molecule has 0 spiro atoms. The van der Waals surface area contributed by atoms with Gasteiger partial charge in [0.1, 0.15) is 29.3 Å². The molecule has 6 rings (SSSR count). The van der Waals surface area contributed by atoms with Gasteiger partial charge in [-0.15, -0.1) is 0 Å². The summed E-state index contributed by atoms with van der Waals surface area (Å²) in [6.07, 6.45) is 1.41. The lowest BCUT2D eigenvalue weighted by molar-refractivity contribution is 0.515. The summed E-state index contributed by atoms with van der Waals surface area (Å²) in [5, 5.41) is 3.96. The van der Waals surface area contributed by atoms with Crippen LogP contribution < -0.4 is 27.3 Å². The second kappa shape index (κ2) is 10.0. The number of fused-ring (bicyclic) bond motifs is 2. The van der Waals surface area contributed by atoms with Gasteiger partial charge in [0.25, 0.3) is 0 Å². The normalized spacial score (nSPS) is 13.6. The molecule has 0 fully saturated rings. The highest BCUT2D eigenvalue weighted by Gasteiger charge is 2.24. The Balaban J connectivity index is 1.45. The van der Waals surface area contributed by atoms with E-state index in [0.717, 1.165) is 23.4 Å². The average molecular weight is 518 g/mol. The van der Waals surface area contributed by atoms with Crippen LogP contribution in [0.2, 0.25) is 0 Å². The van der Waals surface area contributed by atoms with E-state index in [1.807, 2.05) is 61.5 Å². The van der Waals surface area contributed by atoms with Gasteiger partial charge in [0, 0.05) is 19.2 Å². The minimum atomic E-state index is -0.449. The molecule has 0 radical (unpaired) electrons. The average Bonchev–Trinajstić information content (AvgIpc) is 3.43. The number of aliphatic imine (C=N–C) groups is 1. The van der Waals surface area contributed by atoms with Gasteiger partial charge >= 0.3 is 0 Å². The van der Waals surface area contributed by atoms with Crippen molar-refractivity contribution in [3.63, 3.8) is 0 Å². The third kappa shape index (κ3) is 4.38. The number of hydrogen-bond acceptors (Lipinski definition) is 9.